The van der Waals surface area contributed by atoms with Crippen molar-refractivity contribution in [1.82, 2.24) is 0 Å². The monoisotopic (exact) mass is 440 g/mol. The summed E-state index contributed by atoms with van der Waals surface area (Å²) in [5.41, 5.74) is 0. The Morgan fingerprint density at radius 1 is 0.484 bits per heavy atom. The Hall–Kier alpha value is -0.0800. The Bertz CT molecular complexity index is 342. The highest BCUT2D eigenvalue weighted by atomic mass is 16.5. The van der Waals surface area contributed by atoms with Gasteiger partial charge in [-0.05, 0) is 19.3 Å². The standard InChI is InChI=1S/C29H62NO/c1-6-9-11-12-13-14-15-16-17-18-19-20-21-22-23-24-26-29(30(4,5)27-8-3)31-28-25-10-7-2/h29H,6-28H2,1-5H3/q+1. The molecule has 0 saturated carbocycles. The first-order valence-electron chi connectivity index (χ1n) is 14.5. The highest BCUT2D eigenvalue weighted by Crippen LogP contribution is 2.19. The molecule has 0 spiro atoms. The first kappa shape index (κ1) is 30.9. The maximum atomic E-state index is 6.36. The number of ether oxygens (including phenoxy) is 1. The molecule has 0 aliphatic heterocycles. The van der Waals surface area contributed by atoms with E-state index in [0.29, 0.717) is 6.23 Å². The maximum Gasteiger partial charge on any atom is 0.192 e. The van der Waals surface area contributed by atoms with E-state index in [1.165, 1.54) is 141 Å². The van der Waals surface area contributed by atoms with Crippen LogP contribution in [0.4, 0.5) is 0 Å². The molecule has 0 heterocycles. The van der Waals surface area contributed by atoms with E-state index >= 15 is 0 Å². The van der Waals surface area contributed by atoms with E-state index in [-0.39, 0.29) is 0 Å². The first-order valence-corrected chi connectivity index (χ1v) is 14.5. The fraction of sp³-hybridized carbons (Fsp3) is 1.00. The number of nitrogens with zero attached hydrogens (tertiary/aromatic N) is 1. The smallest absolute Gasteiger partial charge is 0.192 e. The number of unbranched alkanes of at least 4 members (excludes halogenated alkanes) is 17. The lowest BCUT2D eigenvalue weighted by Gasteiger charge is -2.37. The van der Waals surface area contributed by atoms with E-state index in [4.69, 9.17) is 4.74 Å². The summed E-state index contributed by atoms with van der Waals surface area (Å²) in [6.45, 7) is 9.03. The van der Waals surface area contributed by atoms with Gasteiger partial charge in [0.05, 0.1) is 27.2 Å². The summed E-state index contributed by atoms with van der Waals surface area (Å²) in [4.78, 5) is 0. The summed E-state index contributed by atoms with van der Waals surface area (Å²) in [7, 11) is 4.72. The van der Waals surface area contributed by atoms with E-state index in [2.05, 4.69) is 34.9 Å². The molecule has 0 aliphatic carbocycles. The van der Waals surface area contributed by atoms with Crippen molar-refractivity contribution in [1.29, 1.82) is 0 Å². The molecule has 31 heavy (non-hydrogen) atoms. The largest absolute Gasteiger partial charge is 0.329 e. The number of quaternary nitrogens is 1. The predicted molar refractivity (Wildman–Crippen MR) is 141 cm³/mol. The average molecular weight is 441 g/mol. The van der Waals surface area contributed by atoms with Crippen molar-refractivity contribution < 1.29 is 9.22 Å². The molecule has 0 aliphatic rings. The molecule has 0 radical (unpaired) electrons. The van der Waals surface area contributed by atoms with E-state index in [9.17, 15) is 0 Å². The fourth-order valence-corrected chi connectivity index (χ4v) is 4.79. The minimum atomic E-state index is 0.392. The second kappa shape index (κ2) is 23.1. The Morgan fingerprint density at radius 2 is 0.871 bits per heavy atom. The van der Waals surface area contributed by atoms with Crippen molar-refractivity contribution in [3.8, 4) is 0 Å². The number of hydrogen-bond donors (Lipinski definition) is 0. The van der Waals surface area contributed by atoms with Gasteiger partial charge in [-0.15, -0.1) is 0 Å². The van der Waals surface area contributed by atoms with Gasteiger partial charge in [0.25, 0.3) is 0 Å². The molecule has 0 saturated heterocycles. The van der Waals surface area contributed by atoms with Crippen LogP contribution in [0.1, 0.15) is 156 Å². The fourth-order valence-electron chi connectivity index (χ4n) is 4.79. The highest BCUT2D eigenvalue weighted by molar-refractivity contribution is 4.53. The summed E-state index contributed by atoms with van der Waals surface area (Å²) in [5, 5.41) is 0. The minimum absolute atomic E-state index is 0.392. The van der Waals surface area contributed by atoms with Crippen LogP contribution in [0.25, 0.3) is 0 Å². The molecule has 0 amide bonds. The number of rotatable bonds is 25. The normalized spacial score (nSPS) is 13.1. The third-order valence-electron chi connectivity index (χ3n) is 6.94. The summed E-state index contributed by atoms with van der Waals surface area (Å²) >= 11 is 0. The van der Waals surface area contributed by atoms with E-state index < -0.39 is 0 Å². The van der Waals surface area contributed by atoms with E-state index in [1.54, 1.807) is 0 Å². The molecular weight excluding hydrogens is 378 g/mol. The zero-order chi connectivity index (χ0) is 23.0. The molecule has 0 aromatic heterocycles. The predicted octanol–water partition coefficient (Wildman–Crippen LogP) is 9.66. The van der Waals surface area contributed by atoms with Gasteiger partial charge in [-0.1, -0.05) is 130 Å². The highest BCUT2D eigenvalue weighted by Gasteiger charge is 2.27. The van der Waals surface area contributed by atoms with E-state index in [0.717, 1.165) is 11.1 Å². The Balaban J connectivity index is 3.61. The summed E-state index contributed by atoms with van der Waals surface area (Å²) in [5.74, 6) is 0. The molecule has 0 bridgehead atoms. The summed E-state index contributed by atoms with van der Waals surface area (Å²) < 4.78 is 7.39. The van der Waals surface area contributed by atoms with Crippen molar-refractivity contribution in [2.45, 2.75) is 162 Å². The molecule has 0 fully saturated rings. The van der Waals surface area contributed by atoms with Gasteiger partial charge in [0.1, 0.15) is 0 Å². The molecule has 0 N–H and O–H groups in total. The topological polar surface area (TPSA) is 9.23 Å². The van der Waals surface area contributed by atoms with Gasteiger partial charge >= 0.3 is 0 Å². The van der Waals surface area contributed by atoms with Crippen LogP contribution in [0, 0.1) is 0 Å². The van der Waals surface area contributed by atoms with Crippen molar-refractivity contribution in [2.75, 3.05) is 27.2 Å². The molecule has 2 heteroatoms. The first-order chi connectivity index (χ1) is 15.1. The Labute approximate surface area is 198 Å². The molecular formula is C29H62NO+. The van der Waals surface area contributed by atoms with Crippen LogP contribution in [0.2, 0.25) is 0 Å². The Kier molecular flexibility index (Phi) is 23.0. The number of hydrogen-bond acceptors (Lipinski definition) is 1. The van der Waals surface area contributed by atoms with Crippen LogP contribution in [0.5, 0.6) is 0 Å². The van der Waals surface area contributed by atoms with Crippen LogP contribution in [0.3, 0.4) is 0 Å². The molecule has 0 aromatic rings. The third-order valence-corrected chi connectivity index (χ3v) is 6.94. The van der Waals surface area contributed by atoms with Crippen LogP contribution in [-0.4, -0.2) is 38.0 Å². The van der Waals surface area contributed by atoms with Crippen LogP contribution >= 0.6 is 0 Å². The van der Waals surface area contributed by atoms with Crippen molar-refractivity contribution in [3.63, 3.8) is 0 Å². The van der Waals surface area contributed by atoms with Gasteiger partial charge in [-0.25, -0.2) is 0 Å². The third kappa shape index (κ3) is 20.3. The zero-order valence-corrected chi connectivity index (χ0v) is 22.7. The van der Waals surface area contributed by atoms with Gasteiger partial charge in [0.2, 0.25) is 0 Å². The lowest BCUT2D eigenvalue weighted by Crippen LogP contribution is -2.50. The molecule has 1 atom stereocenters. The van der Waals surface area contributed by atoms with Gasteiger partial charge in [0, 0.05) is 6.42 Å². The lowest BCUT2D eigenvalue weighted by molar-refractivity contribution is -0.938. The lowest BCUT2D eigenvalue weighted by atomic mass is 10.0. The molecule has 1 unspecified atom stereocenters. The minimum Gasteiger partial charge on any atom is -0.329 e. The zero-order valence-electron chi connectivity index (χ0n) is 22.7. The molecule has 0 rings (SSSR count). The van der Waals surface area contributed by atoms with Gasteiger partial charge in [-0.3, -0.25) is 0 Å². The second-order valence-corrected chi connectivity index (χ2v) is 10.6. The SMILES string of the molecule is CCCCCCCCCCCCCCCCCCC(OCCCCC)[N+](C)(C)CCC. The molecule has 2 nitrogen and oxygen atoms in total. The summed E-state index contributed by atoms with van der Waals surface area (Å²) in [6, 6.07) is 0. The van der Waals surface area contributed by atoms with Crippen LogP contribution < -0.4 is 0 Å². The average Bonchev–Trinajstić information content (AvgIpc) is 2.74. The van der Waals surface area contributed by atoms with Gasteiger partial charge < -0.3 is 9.22 Å². The maximum absolute atomic E-state index is 6.36. The van der Waals surface area contributed by atoms with Crippen LogP contribution in [-0.2, 0) is 4.74 Å². The quantitative estimate of drug-likeness (QED) is 0.0779. The van der Waals surface area contributed by atoms with Crippen LogP contribution in [0.15, 0.2) is 0 Å². The van der Waals surface area contributed by atoms with Gasteiger partial charge in [-0.2, -0.15) is 0 Å². The van der Waals surface area contributed by atoms with Crippen molar-refractivity contribution >= 4 is 0 Å². The molecule has 0 aromatic carbocycles. The van der Waals surface area contributed by atoms with Crippen molar-refractivity contribution in [3.05, 3.63) is 0 Å². The summed E-state index contributed by atoms with van der Waals surface area (Å²) in [6.07, 6.45) is 29.7. The van der Waals surface area contributed by atoms with Crippen molar-refractivity contribution in [2.24, 2.45) is 0 Å². The Morgan fingerprint density at radius 3 is 1.29 bits per heavy atom. The van der Waals surface area contributed by atoms with E-state index in [1.807, 2.05) is 0 Å². The van der Waals surface area contributed by atoms with Gasteiger partial charge in [0.15, 0.2) is 6.23 Å². The molecule has 188 valence electrons. The second-order valence-electron chi connectivity index (χ2n) is 10.6.